The Morgan fingerprint density at radius 3 is 2.57 bits per heavy atom. The molecule has 0 saturated heterocycles. The normalized spacial score (nSPS) is 13.6. The lowest BCUT2D eigenvalue weighted by Crippen LogP contribution is -2.31. The SMILES string of the molecule is CCNCc1cc(S(=O)(=O)N(C)CC(C)CC)ccc1Cl. The highest BCUT2D eigenvalue weighted by Gasteiger charge is 2.22. The Balaban J connectivity index is 3.02. The summed E-state index contributed by atoms with van der Waals surface area (Å²) in [6.45, 7) is 7.99. The molecular formula is C15H25ClN2O2S. The van der Waals surface area contributed by atoms with Gasteiger partial charge in [-0.2, -0.15) is 0 Å². The first-order valence-corrected chi connectivity index (χ1v) is 9.10. The van der Waals surface area contributed by atoms with Crippen LogP contribution in [0.4, 0.5) is 0 Å². The van der Waals surface area contributed by atoms with Crippen molar-refractivity contribution in [3.05, 3.63) is 28.8 Å². The first-order chi connectivity index (χ1) is 9.82. The van der Waals surface area contributed by atoms with Gasteiger partial charge in [-0.3, -0.25) is 0 Å². The molecule has 120 valence electrons. The molecule has 0 aliphatic rings. The Morgan fingerprint density at radius 2 is 2.00 bits per heavy atom. The summed E-state index contributed by atoms with van der Waals surface area (Å²) >= 11 is 6.12. The third kappa shape index (κ3) is 4.95. The topological polar surface area (TPSA) is 49.4 Å². The molecule has 0 bridgehead atoms. The predicted molar refractivity (Wildman–Crippen MR) is 88.1 cm³/mol. The smallest absolute Gasteiger partial charge is 0.242 e. The van der Waals surface area contributed by atoms with Crippen LogP contribution in [0, 0.1) is 5.92 Å². The van der Waals surface area contributed by atoms with Crippen LogP contribution < -0.4 is 5.32 Å². The second-order valence-electron chi connectivity index (χ2n) is 5.33. The van der Waals surface area contributed by atoms with E-state index in [0.717, 1.165) is 18.5 Å². The summed E-state index contributed by atoms with van der Waals surface area (Å²) in [6, 6.07) is 4.88. The molecule has 0 heterocycles. The van der Waals surface area contributed by atoms with Gasteiger partial charge < -0.3 is 5.32 Å². The van der Waals surface area contributed by atoms with Gasteiger partial charge in [-0.25, -0.2) is 12.7 Å². The van der Waals surface area contributed by atoms with Crippen LogP contribution in [-0.2, 0) is 16.6 Å². The Labute approximate surface area is 133 Å². The minimum atomic E-state index is -3.46. The Hall–Kier alpha value is -0.620. The number of rotatable bonds is 8. The van der Waals surface area contributed by atoms with Crippen molar-refractivity contribution >= 4 is 21.6 Å². The van der Waals surface area contributed by atoms with Gasteiger partial charge in [0.1, 0.15) is 0 Å². The van der Waals surface area contributed by atoms with E-state index < -0.39 is 10.0 Å². The molecule has 0 aromatic heterocycles. The zero-order valence-corrected chi connectivity index (χ0v) is 14.8. The van der Waals surface area contributed by atoms with Gasteiger partial charge in [-0.1, -0.05) is 38.8 Å². The molecule has 0 radical (unpaired) electrons. The number of halogens is 1. The number of hydrogen-bond acceptors (Lipinski definition) is 3. The van der Waals surface area contributed by atoms with Gasteiger partial charge in [-0.05, 0) is 36.2 Å². The first kappa shape index (κ1) is 18.4. The van der Waals surface area contributed by atoms with E-state index in [1.807, 2.05) is 13.8 Å². The number of nitrogens with one attached hydrogen (secondary N) is 1. The van der Waals surface area contributed by atoms with Crippen LogP contribution in [0.1, 0.15) is 32.8 Å². The standard InChI is InChI=1S/C15H25ClN2O2S/c1-5-12(3)11-18(4)21(19,20)14-7-8-15(16)13(9-14)10-17-6-2/h7-9,12,17H,5-6,10-11H2,1-4H3. The third-order valence-corrected chi connectivity index (χ3v) is 5.74. The van der Waals surface area contributed by atoms with Crippen molar-refractivity contribution in [2.75, 3.05) is 20.1 Å². The molecule has 0 aliphatic carbocycles. The summed E-state index contributed by atoms with van der Waals surface area (Å²) in [7, 11) is -1.84. The number of benzene rings is 1. The van der Waals surface area contributed by atoms with E-state index in [4.69, 9.17) is 11.6 Å². The van der Waals surface area contributed by atoms with E-state index in [-0.39, 0.29) is 0 Å². The van der Waals surface area contributed by atoms with Gasteiger partial charge in [0.25, 0.3) is 0 Å². The minimum absolute atomic E-state index is 0.297. The maximum atomic E-state index is 12.6. The molecule has 1 aromatic rings. The molecule has 0 fully saturated rings. The quantitative estimate of drug-likeness (QED) is 0.795. The van der Waals surface area contributed by atoms with Gasteiger partial charge in [0, 0.05) is 25.2 Å². The summed E-state index contributed by atoms with van der Waals surface area (Å²) in [5, 5.41) is 3.74. The average molecular weight is 333 g/mol. The molecule has 1 rings (SSSR count). The van der Waals surface area contributed by atoms with E-state index in [0.29, 0.717) is 28.9 Å². The molecule has 21 heavy (non-hydrogen) atoms. The van der Waals surface area contributed by atoms with Crippen molar-refractivity contribution < 1.29 is 8.42 Å². The number of hydrogen-bond donors (Lipinski definition) is 1. The molecule has 1 aromatic carbocycles. The minimum Gasteiger partial charge on any atom is -0.313 e. The molecule has 0 amide bonds. The van der Waals surface area contributed by atoms with Crippen LogP contribution in [0.2, 0.25) is 5.02 Å². The van der Waals surface area contributed by atoms with Crippen molar-refractivity contribution in [1.82, 2.24) is 9.62 Å². The Bertz CT molecular complexity index is 561. The fraction of sp³-hybridized carbons (Fsp3) is 0.600. The van der Waals surface area contributed by atoms with Crippen LogP contribution in [0.5, 0.6) is 0 Å². The van der Waals surface area contributed by atoms with Crippen molar-refractivity contribution in [2.45, 2.75) is 38.6 Å². The second kappa shape index (κ2) is 8.13. The maximum absolute atomic E-state index is 12.6. The monoisotopic (exact) mass is 332 g/mol. The Kier molecular flexibility index (Phi) is 7.13. The molecule has 0 aliphatic heterocycles. The summed E-state index contributed by atoms with van der Waals surface area (Å²) in [5.74, 6) is 0.332. The van der Waals surface area contributed by atoms with Crippen LogP contribution in [0.25, 0.3) is 0 Å². The lowest BCUT2D eigenvalue weighted by Gasteiger charge is -2.21. The lowest BCUT2D eigenvalue weighted by atomic mass is 10.1. The number of nitrogens with zero attached hydrogens (tertiary/aromatic N) is 1. The van der Waals surface area contributed by atoms with E-state index in [1.165, 1.54) is 4.31 Å². The molecular weight excluding hydrogens is 308 g/mol. The fourth-order valence-electron chi connectivity index (χ4n) is 1.95. The van der Waals surface area contributed by atoms with E-state index in [2.05, 4.69) is 12.2 Å². The highest BCUT2D eigenvalue weighted by atomic mass is 35.5. The molecule has 1 unspecified atom stereocenters. The van der Waals surface area contributed by atoms with Gasteiger partial charge >= 0.3 is 0 Å². The largest absolute Gasteiger partial charge is 0.313 e. The highest BCUT2D eigenvalue weighted by Crippen LogP contribution is 2.23. The van der Waals surface area contributed by atoms with Crippen LogP contribution in [-0.4, -0.2) is 32.9 Å². The Morgan fingerprint density at radius 1 is 1.33 bits per heavy atom. The third-order valence-electron chi connectivity index (χ3n) is 3.56. The summed E-state index contributed by atoms with van der Waals surface area (Å²) in [5.41, 5.74) is 0.802. The van der Waals surface area contributed by atoms with Gasteiger partial charge in [-0.15, -0.1) is 0 Å². The van der Waals surface area contributed by atoms with E-state index >= 15 is 0 Å². The average Bonchev–Trinajstić information content (AvgIpc) is 2.45. The zero-order chi connectivity index (χ0) is 16.0. The van der Waals surface area contributed by atoms with E-state index in [9.17, 15) is 8.42 Å². The maximum Gasteiger partial charge on any atom is 0.242 e. The fourth-order valence-corrected chi connectivity index (χ4v) is 3.48. The first-order valence-electron chi connectivity index (χ1n) is 7.28. The van der Waals surface area contributed by atoms with Gasteiger partial charge in [0.2, 0.25) is 10.0 Å². The second-order valence-corrected chi connectivity index (χ2v) is 7.78. The predicted octanol–water partition coefficient (Wildman–Crippen LogP) is 3.12. The molecule has 4 nitrogen and oxygen atoms in total. The van der Waals surface area contributed by atoms with Gasteiger partial charge in [0.05, 0.1) is 4.90 Å². The lowest BCUT2D eigenvalue weighted by molar-refractivity contribution is 0.393. The molecule has 0 spiro atoms. The summed E-state index contributed by atoms with van der Waals surface area (Å²) in [4.78, 5) is 0.297. The van der Waals surface area contributed by atoms with Crippen LogP contribution >= 0.6 is 11.6 Å². The molecule has 6 heteroatoms. The number of sulfonamides is 1. The molecule has 0 saturated carbocycles. The zero-order valence-electron chi connectivity index (χ0n) is 13.2. The highest BCUT2D eigenvalue weighted by molar-refractivity contribution is 7.89. The van der Waals surface area contributed by atoms with Crippen LogP contribution in [0.15, 0.2) is 23.1 Å². The van der Waals surface area contributed by atoms with Crippen molar-refractivity contribution in [2.24, 2.45) is 5.92 Å². The van der Waals surface area contributed by atoms with Crippen molar-refractivity contribution in [3.63, 3.8) is 0 Å². The van der Waals surface area contributed by atoms with Gasteiger partial charge in [0.15, 0.2) is 0 Å². The summed E-state index contributed by atoms with van der Waals surface area (Å²) in [6.07, 6.45) is 0.951. The van der Waals surface area contributed by atoms with Crippen LogP contribution in [0.3, 0.4) is 0 Å². The van der Waals surface area contributed by atoms with E-state index in [1.54, 1.807) is 25.2 Å². The molecule has 1 N–H and O–H groups in total. The van der Waals surface area contributed by atoms with Crippen molar-refractivity contribution in [1.29, 1.82) is 0 Å². The summed E-state index contributed by atoms with van der Waals surface area (Å²) < 4.78 is 26.6. The molecule has 1 atom stereocenters. The van der Waals surface area contributed by atoms with Crippen molar-refractivity contribution in [3.8, 4) is 0 Å².